The Labute approximate surface area is 188 Å². The number of nitrogens with zero attached hydrogens (tertiary/aromatic N) is 1. The third kappa shape index (κ3) is 4.31. The first kappa shape index (κ1) is 21.8. The molecule has 1 aromatic carbocycles. The zero-order valence-electron chi connectivity index (χ0n) is 19.0. The minimum Gasteiger partial charge on any atom is -0.494 e. The number of hydrogen-bond acceptors (Lipinski definition) is 5. The van der Waals surface area contributed by atoms with Crippen molar-refractivity contribution in [2.75, 3.05) is 11.9 Å². The smallest absolute Gasteiger partial charge is 0.255 e. The van der Waals surface area contributed by atoms with Gasteiger partial charge in [-0.15, -0.1) is 0 Å². The summed E-state index contributed by atoms with van der Waals surface area (Å²) in [6.07, 6.45) is 2.84. The van der Waals surface area contributed by atoms with Crippen LogP contribution in [0.1, 0.15) is 52.0 Å². The van der Waals surface area contributed by atoms with Crippen LogP contribution in [-0.2, 0) is 9.59 Å². The van der Waals surface area contributed by atoms with E-state index < -0.39 is 5.92 Å². The fraction of sp³-hybridized carbons (Fsp3) is 0.346. The number of ether oxygens (including phenoxy) is 1. The molecule has 166 valence electrons. The highest BCUT2D eigenvalue weighted by Gasteiger charge is 2.42. The van der Waals surface area contributed by atoms with Gasteiger partial charge in [0.25, 0.3) is 5.91 Å². The number of pyridine rings is 1. The molecule has 2 aromatic rings. The molecule has 4 rings (SSSR count). The summed E-state index contributed by atoms with van der Waals surface area (Å²) in [6, 6.07) is 13.0. The highest BCUT2D eigenvalue weighted by Crippen LogP contribution is 2.46. The Hall–Kier alpha value is -3.41. The van der Waals surface area contributed by atoms with Crippen LogP contribution in [0.3, 0.4) is 0 Å². The van der Waals surface area contributed by atoms with E-state index in [-0.39, 0.29) is 17.1 Å². The Morgan fingerprint density at radius 1 is 1.19 bits per heavy atom. The van der Waals surface area contributed by atoms with Crippen molar-refractivity contribution in [3.05, 3.63) is 76.8 Å². The van der Waals surface area contributed by atoms with Crippen LogP contribution in [0.4, 0.5) is 5.82 Å². The van der Waals surface area contributed by atoms with E-state index in [1.807, 2.05) is 44.2 Å². The van der Waals surface area contributed by atoms with Gasteiger partial charge in [0.05, 0.1) is 6.61 Å². The van der Waals surface area contributed by atoms with Crippen molar-refractivity contribution < 1.29 is 14.3 Å². The summed E-state index contributed by atoms with van der Waals surface area (Å²) in [7, 11) is 0. The van der Waals surface area contributed by atoms with Gasteiger partial charge in [-0.25, -0.2) is 4.98 Å². The molecule has 32 heavy (non-hydrogen) atoms. The van der Waals surface area contributed by atoms with E-state index in [4.69, 9.17) is 4.74 Å². The van der Waals surface area contributed by atoms with Gasteiger partial charge in [-0.1, -0.05) is 32.0 Å². The van der Waals surface area contributed by atoms with Gasteiger partial charge in [-0.2, -0.15) is 0 Å². The Balaban J connectivity index is 1.79. The normalized spacial score (nSPS) is 19.9. The lowest BCUT2D eigenvalue weighted by molar-refractivity contribution is -0.118. The molecule has 6 nitrogen and oxygen atoms in total. The summed E-state index contributed by atoms with van der Waals surface area (Å²) >= 11 is 0. The van der Waals surface area contributed by atoms with Gasteiger partial charge in [0.2, 0.25) is 0 Å². The van der Waals surface area contributed by atoms with E-state index >= 15 is 0 Å². The molecule has 0 bridgehead atoms. The molecule has 0 spiro atoms. The van der Waals surface area contributed by atoms with Crippen LogP contribution in [0, 0.1) is 5.41 Å². The van der Waals surface area contributed by atoms with Gasteiger partial charge in [-0.3, -0.25) is 9.59 Å². The van der Waals surface area contributed by atoms with Crippen molar-refractivity contribution >= 4 is 17.5 Å². The van der Waals surface area contributed by atoms with Crippen LogP contribution in [0.15, 0.2) is 71.2 Å². The number of rotatable bonds is 5. The predicted octanol–water partition coefficient (Wildman–Crippen LogP) is 4.72. The maximum absolute atomic E-state index is 13.4. The lowest BCUT2D eigenvalue weighted by atomic mass is 9.68. The lowest BCUT2D eigenvalue weighted by Crippen LogP contribution is -2.39. The number of anilines is 1. The van der Waals surface area contributed by atoms with Crippen molar-refractivity contribution in [3.63, 3.8) is 0 Å². The zero-order chi connectivity index (χ0) is 22.9. The van der Waals surface area contributed by atoms with Gasteiger partial charge in [0, 0.05) is 41.1 Å². The van der Waals surface area contributed by atoms with E-state index in [0.29, 0.717) is 30.0 Å². The van der Waals surface area contributed by atoms with E-state index in [0.717, 1.165) is 29.1 Å². The molecule has 0 radical (unpaired) electrons. The van der Waals surface area contributed by atoms with Gasteiger partial charge in [-0.05, 0) is 55.5 Å². The van der Waals surface area contributed by atoms with E-state index in [9.17, 15) is 9.59 Å². The predicted molar refractivity (Wildman–Crippen MR) is 124 cm³/mol. The Kier molecular flexibility index (Phi) is 5.87. The summed E-state index contributed by atoms with van der Waals surface area (Å²) in [6.45, 7) is 8.61. The Bertz CT molecular complexity index is 1100. The molecule has 2 aliphatic rings. The molecule has 1 aromatic heterocycles. The molecule has 2 heterocycles. The van der Waals surface area contributed by atoms with Gasteiger partial charge in [0.15, 0.2) is 5.78 Å². The molecular weight excluding hydrogens is 402 g/mol. The van der Waals surface area contributed by atoms with Crippen LogP contribution in [-0.4, -0.2) is 23.3 Å². The number of hydrogen-bond donors (Lipinski definition) is 2. The van der Waals surface area contributed by atoms with Gasteiger partial charge >= 0.3 is 0 Å². The van der Waals surface area contributed by atoms with Crippen molar-refractivity contribution in [2.45, 2.75) is 46.5 Å². The maximum Gasteiger partial charge on any atom is 0.255 e. The molecule has 0 saturated carbocycles. The summed E-state index contributed by atoms with van der Waals surface area (Å²) < 4.78 is 5.59. The van der Waals surface area contributed by atoms with E-state index in [1.54, 1.807) is 18.3 Å². The standard InChI is InChI=1S/C26H29N3O3/c1-5-32-18-11-9-17(10-12-18)23-22(25(31)29-21-8-6-7-13-27-21)16(2)28-19-14-26(3,4)15-20(30)24(19)23/h6-13,23,28H,5,14-15H2,1-4H3,(H,27,29,31)/t23-/m1/s1. The Morgan fingerprint density at radius 2 is 1.94 bits per heavy atom. The number of carbonyl (C=O) groups is 2. The summed E-state index contributed by atoms with van der Waals surface area (Å²) in [5, 5.41) is 6.28. The monoisotopic (exact) mass is 431 g/mol. The minimum absolute atomic E-state index is 0.0817. The molecule has 0 unspecified atom stereocenters. The van der Waals surface area contributed by atoms with Crippen molar-refractivity contribution in [2.24, 2.45) is 5.41 Å². The van der Waals surface area contributed by atoms with Gasteiger partial charge in [0.1, 0.15) is 11.6 Å². The molecule has 1 amide bonds. The summed E-state index contributed by atoms with van der Waals surface area (Å²) in [5.41, 5.74) is 3.65. The summed E-state index contributed by atoms with van der Waals surface area (Å²) in [5.74, 6) is 0.596. The average molecular weight is 432 g/mol. The van der Waals surface area contributed by atoms with Crippen LogP contribution in [0.2, 0.25) is 0 Å². The Morgan fingerprint density at radius 3 is 2.59 bits per heavy atom. The highest BCUT2D eigenvalue weighted by molar-refractivity contribution is 6.09. The van der Waals surface area contributed by atoms with Crippen LogP contribution < -0.4 is 15.4 Å². The molecule has 1 aliphatic carbocycles. The second-order valence-electron chi connectivity index (χ2n) is 9.10. The molecule has 2 N–H and O–H groups in total. The number of nitrogens with one attached hydrogen (secondary N) is 2. The molecule has 0 saturated heterocycles. The first-order chi connectivity index (χ1) is 15.3. The number of amides is 1. The molecule has 0 fully saturated rings. The number of Topliss-reactive ketones (excluding diaryl/α,β-unsaturated/α-hetero) is 1. The van der Waals surface area contributed by atoms with Crippen molar-refractivity contribution in [1.29, 1.82) is 0 Å². The highest BCUT2D eigenvalue weighted by atomic mass is 16.5. The average Bonchev–Trinajstić information content (AvgIpc) is 2.73. The number of allylic oxidation sites excluding steroid dienone is 3. The number of benzene rings is 1. The summed E-state index contributed by atoms with van der Waals surface area (Å²) in [4.78, 5) is 31.0. The quantitative estimate of drug-likeness (QED) is 0.716. The molecule has 1 aliphatic heterocycles. The largest absolute Gasteiger partial charge is 0.494 e. The zero-order valence-corrected chi connectivity index (χ0v) is 19.0. The third-order valence-electron chi connectivity index (χ3n) is 5.92. The first-order valence-electron chi connectivity index (χ1n) is 11.0. The molecule has 6 heteroatoms. The number of ketones is 1. The minimum atomic E-state index is -0.450. The number of carbonyl (C=O) groups excluding carboxylic acids is 2. The fourth-order valence-corrected chi connectivity index (χ4v) is 4.61. The van der Waals surface area contributed by atoms with E-state index in [1.165, 1.54) is 0 Å². The second-order valence-corrected chi connectivity index (χ2v) is 9.10. The van der Waals surface area contributed by atoms with Crippen molar-refractivity contribution in [3.8, 4) is 5.75 Å². The molecule has 1 atom stereocenters. The lowest BCUT2D eigenvalue weighted by Gasteiger charge is -2.39. The third-order valence-corrected chi connectivity index (χ3v) is 5.92. The van der Waals surface area contributed by atoms with Crippen molar-refractivity contribution in [1.82, 2.24) is 10.3 Å². The number of aromatic nitrogens is 1. The topological polar surface area (TPSA) is 80.3 Å². The first-order valence-corrected chi connectivity index (χ1v) is 11.0. The number of dihydropyridines is 1. The van der Waals surface area contributed by atoms with Crippen LogP contribution in [0.5, 0.6) is 5.75 Å². The van der Waals surface area contributed by atoms with E-state index in [2.05, 4.69) is 29.5 Å². The second kappa shape index (κ2) is 8.61. The van der Waals surface area contributed by atoms with Crippen LogP contribution >= 0.6 is 0 Å². The SMILES string of the molecule is CCOc1ccc([C@@H]2C(C(=O)Nc3ccccn3)=C(C)NC3=C2C(=O)CC(C)(C)C3)cc1. The van der Waals surface area contributed by atoms with Crippen LogP contribution in [0.25, 0.3) is 0 Å². The maximum atomic E-state index is 13.4. The molecular formula is C26H29N3O3. The van der Waals surface area contributed by atoms with Gasteiger partial charge < -0.3 is 15.4 Å². The fourth-order valence-electron chi connectivity index (χ4n) is 4.61.